The number of anilines is 1. The number of nitrogens with zero attached hydrogens (tertiary/aromatic N) is 4. The van der Waals surface area contributed by atoms with Crippen molar-refractivity contribution in [2.45, 2.75) is 19.9 Å². The topological polar surface area (TPSA) is 58.4 Å². The molecule has 0 unspecified atom stereocenters. The molecule has 4 rings (SSSR count). The molecular formula is C24H25BrN4O2. The second-order valence-electron chi connectivity index (χ2n) is 7.74. The molecule has 7 heteroatoms. The zero-order valence-electron chi connectivity index (χ0n) is 17.5. The van der Waals surface area contributed by atoms with Gasteiger partial charge in [-0.1, -0.05) is 40.2 Å². The lowest BCUT2D eigenvalue weighted by molar-refractivity contribution is -0.131. The fourth-order valence-corrected chi connectivity index (χ4v) is 4.05. The maximum atomic E-state index is 12.7. The van der Waals surface area contributed by atoms with Crippen molar-refractivity contribution in [3.63, 3.8) is 0 Å². The van der Waals surface area contributed by atoms with Crippen LogP contribution in [0.25, 0.3) is 11.3 Å². The second-order valence-corrected chi connectivity index (χ2v) is 8.66. The molecule has 0 atom stereocenters. The highest BCUT2D eigenvalue weighted by Crippen LogP contribution is 2.20. The number of rotatable bonds is 5. The van der Waals surface area contributed by atoms with E-state index in [0.29, 0.717) is 18.8 Å². The lowest BCUT2D eigenvalue weighted by Crippen LogP contribution is -2.49. The van der Waals surface area contributed by atoms with Crippen LogP contribution in [0, 0.1) is 6.92 Å². The lowest BCUT2D eigenvalue weighted by Gasteiger charge is -2.36. The molecule has 31 heavy (non-hydrogen) atoms. The van der Waals surface area contributed by atoms with Gasteiger partial charge in [-0.25, -0.2) is 4.68 Å². The Hall–Kier alpha value is -2.93. The lowest BCUT2D eigenvalue weighted by atomic mass is 10.1. The summed E-state index contributed by atoms with van der Waals surface area (Å²) in [6.07, 6.45) is 0.265. The fourth-order valence-electron chi connectivity index (χ4n) is 3.78. The molecule has 1 fully saturated rings. The third-order valence-corrected chi connectivity index (χ3v) is 6.07. The van der Waals surface area contributed by atoms with E-state index < -0.39 is 0 Å². The molecule has 0 radical (unpaired) electrons. The standard InChI is InChI=1S/C24H25BrN4O2/c1-18-3-2-4-21(17-18)27-13-15-28(16-14-27)23(30)11-12-29-24(31)10-9-22(26-29)19-5-7-20(25)8-6-19/h2-10,17H,11-16H2,1H3. The summed E-state index contributed by atoms with van der Waals surface area (Å²) in [6.45, 7) is 5.37. The van der Waals surface area contributed by atoms with Crippen LogP contribution >= 0.6 is 15.9 Å². The normalized spacial score (nSPS) is 14.0. The molecule has 0 bridgehead atoms. The molecule has 2 heterocycles. The molecule has 3 aromatic rings. The number of aryl methyl sites for hydroxylation is 2. The summed E-state index contributed by atoms with van der Waals surface area (Å²) < 4.78 is 2.37. The van der Waals surface area contributed by atoms with Gasteiger partial charge in [0.05, 0.1) is 12.2 Å². The predicted octanol–water partition coefficient (Wildman–Crippen LogP) is 3.72. The van der Waals surface area contributed by atoms with Crippen LogP contribution in [0.5, 0.6) is 0 Å². The Balaban J connectivity index is 1.35. The molecular weight excluding hydrogens is 456 g/mol. The highest BCUT2D eigenvalue weighted by atomic mass is 79.9. The van der Waals surface area contributed by atoms with Gasteiger partial charge in [0, 0.05) is 54.4 Å². The van der Waals surface area contributed by atoms with Crippen molar-refractivity contribution < 1.29 is 4.79 Å². The number of carbonyl (C=O) groups excluding carboxylic acids is 1. The van der Waals surface area contributed by atoms with Gasteiger partial charge in [0.2, 0.25) is 5.91 Å². The van der Waals surface area contributed by atoms with Gasteiger partial charge in [0.1, 0.15) is 0 Å². The molecule has 0 spiro atoms. The molecule has 2 aromatic carbocycles. The average molecular weight is 481 g/mol. The second kappa shape index (κ2) is 9.47. The van der Waals surface area contributed by atoms with Crippen molar-refractivity contribution in [3.8, 4) is 11.3 Å². The molecule has 160 valence electrons. The monoisotopic (exact) mass is 480 g/mol. The van der Waals surface area contributed by atoms with Gasteiger partial charge in [-0.15, -0.1) is 0 Å². The minimum Gasteiger partial charge on any atom is -0.368 e. The number of aromatic nitrogens is 2. The number of amides is 1. The molecule has 0 aliphatic carbocycles. The number of carbonyl (C=O) groups is 1. The van der Waals surface area contributed by atoms with Gasteiger partial charge in [0.15, 0.2) is 0 Å². The first kappa shape index (κ1) is 21.3. The molecule has 1 aromatic heterocycles. The van der Waals surface area contributed by atoms with Crippen molar-refractivity contribution in [1.82, 2.24) is 14.7 Å². The Kier molecular flexibility index (Phi) is 6.51. The summed E-state index contributed by atoms with van der Waals surface area (Å²) in [5.74, 6) is 0.0617. The first-order valence-corrected chi connectivity index (χ1v) is 11.2. The van der Waals surface area contributed by atoms with E-state index in [1.54, 1.807) is 6.07 Å². The van der Waals surface area contributed by atoms with E-state index in [2.05, 4.69) is 57.1 Å². The molecule has 1 aliphatic heterocycles. The van der Waals surface area contributed by atoms with Gasteiger partial charge in [-0.3, -0.25) is 9.59 Å². The third kappa shape index (κ3) is 5.22. The molecule has 1 aliphatic rings. The van der Waals surface area contributed by atoms with Crippen LogP contribution in [-0.4, -0.2) is 46.8 Å². The number of piperazine rings is 1. The smallest absolute Gasteiger partial charge is 0.266 e. The molecule has 1 saturated heterocycles. The summed E-state index contributed by atoms with van der Waals surface area (Å²) >= 11 is 3.42. The Morgan fingerprint density at radius 3 is 2.45 bits per heavy atom. The van der Waals surface area contributed by atoms with E-state index in [1.165, 1.54) is 22.0 Å². The van der Waals surface area contributed by atoms with Crippen molar-refractivity contribution in [2.75, 3.05) is 31.1 Å². The van der Waals surface area contributed by atoms with Crippen LogP contribution in [0.1, 0.15) is 12.0 Å². The Bertz CT molecular complexity index is 1120. The quantitative estimate of drug-likeness (QED) is 0.558. The van der Waals surface area contributed by atoms with Crippen LogP contribution < -0.4 is 10.5 Å². The summed E-state index contributed by atoms with van der Waals surface area (Å²) in [6, 6.07) is 19.4. The molecule has 0 saturated carbocycles. The maximum Gasteiger partial charge on any atom is 0.266 e. The first-order chi connectivity index (χ1) is 15.0. The number of hydrogen-bond donors (Lipinski definition) is 0. The summed E-state index contributed by atoms with van der Waals surface area (Å²) in [5.41, 5.74) is 3.88. The van der Waals surface area contributed by atoms with Crippen molar-refractivity contribution in [3.05, 3.63) is 81.1 Å². The highest BCUT2D eigenvalue weighted by molar-refractivity contribution is 9.10. The van der Waals surface area contributed by atoms with Crippen LogP contribution in [0.3, 0.4) is 0 Å². The van der Waals surface area contributed by atoms with Gasteiger partial charge in [-0.2, -0.15) is 5.10 Å². The average Bonchev–Trinajstić information content (AvgIpc) is 2.79. The Morgan fingerprint density at radius 2 is 1.74 bits per heavy atom. The van der Waals surface area contributed by atoms with E-state index in [1.807, 2.05) is 29.2 Å². The van der Waals surface area contributed by atoms with Crippen molar-refractivity contribution >= 4 is 27.5 Å². The molecule has 1 amide bonds. The number of halogens is 1. The molecule has 0 N–H and O–H groups in total. The summed E-state index contributed by atoms with van der Waals surface area (Å²) in [4.78, 5) is 29.2. The first-order valence-electron chi connectivity index (χ1n) is 10.4. The SMILES string of the molecule is Cc1cccc(N2CCN(C(=O)CCn3nc(-c4ccc(Br)cc4)ccc3=O)CC2)c1. The van der Waals surface area contributed by atoms with E-state index in [-0.39, 0.29) is 24.4 Å². The van der Waals surface area contributed by atoms with Crippen LogP contribution in [-0.2, 0) is 11.3 Å². The maximum absolute atomic E-state index is 12.7. The van der Waals surface area contributed by atoms with Crippen LogP contribution in [0.15, 0.2) is 69.9 Å². The highest BCUT2D eigenvalue weighted by Gasteiger charge is 2.21. The fraction of sp³-hybridized carbons (Fsp3) is 0.292. The van der Waals surface area contributed by atoms with E-state index in [4.69, 9.17) is 0 Å². The van der Waals surface area contributed by atoms with E-state index in [0.717, 1.165) is 23.1 Å². The zero-order valence-corrected chi connectivity index (χ0v) is 19.1. The number of benzene rings is 2. The van der Waals surface area contributed by atoms with Gasteiger partial charge >= 0.3 is 0 Å². The Labute approximate surface area is 190 Å². The minimum absolute atomic E-state index is 0.0617. The van der Waals surface area contributed by atoms with Crippen molar-refractivity contribution in [1.29, 1.82) is 0 Å². The minimum atomic E-state index is -0.196. The largest absolute Gasteiger partial charge is 0.368 e. The third-order valence-electron chi connectivity index (χ3n) is 5.54. The van der Waals surface area contributed by atoms with E-state index >= 15 is 0 Å². The molecule has 6 nitrogen and oxygen atoms in total. The van der Waals surface area contributed by atoms with Gasteiger partial charge < -0.3 is 9.80 Å². The van der Waals surface area contributed by atoms with Crippen molar-refractivity contribution in [2.24, 2.45) is 0 Å². The van der Waals surface area contributed by atoms with E-state index in [9.17, 15) is 9.59 Å². The summed E-state index contributed by atoms with van der Waals surface area (Å²) in [5, 5.41) is 4.46. The van der Waals surface area contributed by atoms with Crippen LogP contribution in [0.4, 0.5) is 5.69 Å². The Morgan fingerprint density at radius 1 is 1.00 bits per heavy atom. The number of hydrogen-bond acceptors (Lipinski definition) is 4. The van der Waals surface area contributed by atoms with Crippen LogP contribution in [0.2, 0.25) is 0 Å². The van der Waals surface area contributed by atoms with Gasteiger partial charge in [0.25, 0.3) is 5.56 Å². The summed E-state index contributed by atoms with van der Waals surface area (Å²) in [7, 11) is 0. The zero-order chi connectivity index (χ0) is 21.8. The predicted molar refractivity (Wildman–Crippen MR) is 126 cm³/mol. The van der Waals surface area contributed by atoms with Gasteiger partial charge in [-0.05, 0) is 42.8 Å².